The van der Waals surface area contributed by atoms with Gasteiger partial charge in [-0.05, 0) is 37.3 Å². The van der Waals surface area contributed by atoms with Gasteiger partial charge in [-0.15, -0.1) is 17.9 Å². The van der Waals surface area contributed by atoms with E-state index in [2.05, 4.69) is 11.6 Å². The van der Waals surface area contributed by atoms with Gasteiger partial charge in [0.2, 0.25) is 5.90 Å². The van der Waals surface area contributed by atoms with Crippen molar-refractivity contribution in [3.05, 3.63) is 88.4 Å². The minimum atomic E-state index is -1.13. The monoisotopic (exact) mass is 489 g/mol. The van der Waals surface area contributed by atoms with Gasteiger partial charge in [0.1, 0.15) is 5.75 Å². The number of carbonyl (C=O) groups is 1. The second-order valence-corrected chi connectivity index (χ2v) is 9.65. The van der Waals surface area contributed by atoms with Gasteiger partial charge in [-0.2, -0.15) is 0 Å². The molecule has 0 bridgehead atoms. The van der Waals surface area contributed by atoms with Crippen LogP contribution in [0.15, 0.2) is 71.6 Å². The highest BCUT2D eigenvalue weighted by Gasteiger charge is 2.58. The third-order valence-corrected chi connectivity index (χ3v) is 7.03. The number of carbonyl (C=O) groups excluding carboxylic acids is 1. The summed E-state index contributed by atoms with van der Waals surface area (Å²) in [6, 6.07) is 15.3. The highest BCUT2D eigenvalue weighted by molar-refractivity contribution is 7.09. The van der Waals surface area contributed by atoms with Gasteiger partial charge in [-0.3, -0.25) is 4.79 Å². The van der Waals surface area contributed by atoms with Crippen LogP contribution in [0.25, 0.3) is 0 Å². The molecule has 0 spiro atoms. The standard InChI is InChI=1S/C27H27N3O4S/c1-3-13-27-24(34-25(29-27)19-9-11-21(12-10-19)33-15-6-14-31)22-7-4-5-8-23(22)30(26(27)32)16-20-17-35-18(2)28-20/h3-5,7-12,17,24,31H,1,6,13-16H2,2H3/t24-,27-/m0/s1. The number of aryl methyl sites for hydroxylation is 1. The number of benzene rings is 2. The maximum atomic E-state index is 14.1. The molecule has 2 aliphatic rings. The molecule has 1 aromatic heterocycles. The SMILES string of the molecule is C=CC[C@]12N=C(c3ccc(OCCCO)cc3)O[C@H]1c1ccccc1N(Cc1csc(C)n1)C2=O. The number of hydrogen-bond acceptors (Lipinski definition) is 7. The Kier molecular flexibility index (Phi) is 6.40. The van der Waals surface area contributed by atoms with Gasteiger partial charge in [0.25, 0.3) is 5.91 Å². The summed E-state index contributed by atoms with van der Waals surface area (Å²) in [5.41, 5.74) is 2.22. The molecule has 0 radical (unpaired) electrons. The van der Waals surface area contributed by atoms with E-state index in [4.69, 9.17) is 19.6 Å². The number of thiazole rings is 1. The first kappa shape index (κ1) is 23.3. The van der Waals surface area contributed by atoms with Crippen molar-refractivity contribution in [3.8, 4) is 5.75 Å². The number of para-hydroxylation sites is 1. The number of amides is 1. The maximum Gasteiger partial charge on any atom is 0.260 e. The summed E-state index contributed by atoms with van der Waals surface area (Å²) in [7, 11) is 0. The number of rotatable bonds is 9. The molecule has 0 saturated heterocycles. The lowest BCUT2D eigenvalue weighted by Gasteiger charge is -2.41. The lowest BCUT2D eigenvalue weighted by molar-refractivity contribution is -0.127. The van der Waals surface area contributed by atoms with Crippen LogP contribution in [0.1, 0.15) is 40.8 Å². The Labute approximate surface area is 208 Å². The molecule has 3 heterocycles. The van der Waals surface area contributed by atoms with Gasteiger partial charge < -0.3 is 19.5 Å². The fraction of sp³-hybridized carbons (Fsp3) is 0.296. The molecule has 3 aromatic rings. The Balaban J connectivity index is 1.52. The van der Waals surface area contributed by atoms with Crippen LogP contribution in [0.2, 0.25) is 0 Å². The number of ether oxygens (including phenoxy) is 2. The van der Waals surface area contributed by atoms with Crippen molar-refractivity contribution in [1.82, 2.24) is 4.98 Å². The van der Waals surface area contributed by atoms with Crippen LogP contribution in [0.5, 0.6) is 5.75 Å². The van der Waals surface area contributed by atoms with Crippen molar-refractivity contribution in [2.75, 3.05) is 18.1 Å². The van der Waals surface area contributed by atoms with E-state index in [1.54, 1.807) is 22.3 Å². The zero-order valence-corrected chi connectivity index (χ0v) is 20.3. The van der Waals surface area contributed by atoms with Crippen LogP contribution in [-0.2, 0) is 16.1 Å². The van der Waals surface area contributed by atoms with Gasteiger partial charge in [0.05, 0.1) is 29.5 Å². The normalized spacial score (nSPS) is 20.6. The van der Waals surface area contributed by atoms with Crippen LogP contribution >= 0.6 is 11.3 Å². The highest BCUT2D eigenvalue weighted by atomic mass is 32.1. The van der Waals surface area contributed by atoms with Crippen LogP contribution < -0.4 is 9.64 Å². The Morgan fingerprint density at radius 3 is 2.77 bits per heavy atom. The van der Waals surface area contributed by atoms with E-state index in [9.17, 15) is 4.79 Å². The highest BCUT2D eigenvalue weighted by Crippen LogP contribution is 2.50. The second kappa shape index (κ2) is 9.64. The third-order valence-electron chi connectivity index (χ3n) is 6.20. The molecule has 0 aliphatic carbocycles. The fourth-order valence-corrected chi connectivity index (χ4v) is 5.20. The Morgan fingerprint density at radius 2 is 2.06 bits per heavy atom. The molecule has 35 heavy (non-hydrogen) atoms. The molecule has 0 unspecified atom stereocenters. The third kappa shape index (κ3) is 4.24. The molecule has 7 nitrogen and oxygen atoms in total. The summed E-state index contributed by atoms with van der Waals surface area (Å²) in [4.78, 5) is 25.4. The number of aliphatic hydroxyl groups is 1. The molecular formula is C27H27N3O4S. The average Bonchev–Trinajstić information content (AvgIpc) is 3.47. The lowest BCUT2D eigenvalue weighted by Crippen LogP contribution is -2.53. The number of anilines is 1. The van der Waals surface area contributed by atoms with Crippen molar-refractivity contribution in [2.24, 2.45) is 4.99 Å². The molecule has 8 heteroatoms. The number of nitrogens with zero attached hydrogens (tertiary/aromatic N) is 3. The Hall–Kier alpha value is -3.49. The van der Waals surface area contributed by atoms with E-state index in [0.717, 1.165) is 27.5 Å². The number of hydrogen-bond donors (Lipinski definition) is 1. The topological polar surface area (TPSA) is 84.2 Å². The molecule has 1 amide bonds. The molecule has 5 rings (SSSR count). The quantitative estimate of drug-likeness (QED) is 0.351. The van der Waals surface area contributed by atoms with Gasteiger partial charge in [0.15, 0.2) is 11.6 Å². The van der Waals surface area contributed by atoms with Crippen LogP contribution in [-0.4, -0.2) is 40.6 Å². The zero-order chi connectivity index (χ0) is 24.4. The van der Waals surface area contributed by atoms with Crippen molar-refractivity contribution in [2.45, 2.75) is 38.0 Å². The molecule has 2 aromatic carbocycles. The fourth-order valence-electron chi connectivity index (χ4n) is 4.59. The van der Waals surface area contributed by atoms with Crippen LogP contribution in [0.4, 0.5) is 5.69 Å². The van der Waals surface area contributed by atoms with Crippen molar-refractivity contribution in [1.29, 1.82) is 0 Å². The van der Waals surface area contributed by atoms with Crippen molar-refractivity contribution < 1.29 is 19.4 Å². The molecule has 180 valence electrons. The van der Waals surface area contributed by atoms with E-state index >= 15 is 0 Å². The lowest BCUT2D eigenvalue weighted by atomic mass is 9.80. The number of aromatic nitrogens is 1. The van der Waals surface area contributed by atoms with E-state index in [1.165, 1.54) is 0 Å². The zero-order valence-electron chi connectivity index (χ0n) is 19.5. The maximum absolute atomic E-state index is 14.1. The van der Waals surface area contributed by atoms with Crippen LogP contribution in [0, 0.1) is 6.92 Å². The summed E-state index contributed by atoms with van der Waals surface area (Å²) in [5, 5.41) is 11.9. The summed E-state index contributed by atoms with van der Waals surface area (Å²) in [6.07, 6.45) is 2.11. The second-order valence-electron chi connectivity index (χ2n) is 8.59. The average molecular weight is 490 g/mol. The van der Waals surface area contributed by atoms with Crippen molar-refractivity contribution >= 4 is 28.8 Å². The molecule has 2 atom stereocenters. The molecule has 2 aliphatic heterocycles. The molecule has 0 saturated carbocycles. The Bertz CT molecular complexity index is 1270. The Morgan fingerprint density at radius 1 is 1.26 bits per heavy atom. The van der Waals surface area contributed by atoms with E-state index in [-0.39, 0.29) is 12.5 Å². The van der Waals surface area contributed by atoms with E-state index in [0.29, 0.717) is 37.6 Å². The largest absolute Gasteiger partial charge is 0.494 e. The molecule has 0 fully saturated rings. The molecular weight excluding hydrogens is 462 g/mol. The van der Waals surface area contributed by atoms with Gasteiger partial charge in [-0.1, -0.05) is 24.3 Å². The van der Waals surface area contributed by atoms with Crippen LogP contribution in [0.3, 0.4) is 0 Å². The first-order valence-electron chi connectivity index (χ1n) is 11.6. The molecule has 1 N–H and O–H groups in total. The summed E-state index contributed by atoms with van der Waals surface area (Å²) in [6.45, 7) is 6.78. The van der Waals surface area contributed by atoms with E-state index < -0.39 is 11.6 Å². The summed E-state index contributed by atoms with van der Waals surface area (Å²) in [5.74, 6) is 1.00. The van der Waals surface area contributed by atoms with Gasteiger partial charge in [-0.25, -0.2) is 9.98 Å². The number of fused-ring (bicyclic) bond motifs is 3. The minimum absolute atomic E-state index is 0.0874. The number of aliphatic hydroxyl groups excluding tert-OH is 1. The first-order chi connectivity index (χ1) is 17.1. The predicted molar refractivity (Wildman–Crippen MR) is 136 cm³/mol. The van der Waals surface area contributed by atoms with E-state index in [1.807, 2.05) is 60.8 Å². The summed E-state index contributed by atoms with van der Waals surface area (Å²) >= 11 is 1.57. The predicted octanol–water partition coefficient (Wildman–Crippen LogP) is 4.59. The summed E-state index contributed by atoms with van der Waals surface area (Å²) < 4.78 is 12.0. The number of aliphatic imine (C=N–C) groups is 1. The smallest absolute Gasteiger partial charge is 0.260 e. The first-order valence-corrected chi connectivity index (χ1v) is 12.5. The minimum Gasteiger partial charge on any atom is -0.494 e. The van der Waals surface area contributed by atoms with Gasteiger partial charge in [0, 0.05) is 36.0 Å². The van der Waals surface area contributed by atoms with Gasteiger partial charge >= 0.3 is 0 Å². The van der Waals surface area contributed by atoms with Crippen molar-refractivity contribution in [3.63, 3.8) is 0 Å².